The Labute approximate surface area is 82.5 Å². The van der Waals surface area contributed by atoms with Crippen molar-refractivity contribution in [1.29, 1.82) is 0 Å². The first-order valence-electron chi connectivity index (χ1n) is 2.37. The minimum atomic E-state index is -0.824. The van der Waals surface area contributed by atoms with Gasteiger partial charge in [-0.3, -0.25) is 0 Å². The smallest absolute Gasteiger partial charge is 0.111 e. The van der Waals surface area contributed by atoms with Crippen molar-refractivity contribution in [2.75, 3.05) is 0 Å². The molecule has 1 N–H and O–H groups in total. The van der Waals surface area contributed by atoms with Crippen molar-refractivity contribution in [3.63, 3.8) is 0 Å². The molecular formula is C6H4F2NY-. The third-order valence-corrected chi connectivity index (χ3v) is 0.963. The standard InChI is InChI=1S/C6H4F2N.Y/c7-4-2-1-3-5(8)6(4)9;/h1-3,9H;/q-1;. The van der Waals surface area contributed by atoms with E-state index in [9.17, 15) is 8.78 Å². The maximum atomic E-state index is 12.2. The van der Waals surface area contributed by atoms with E-state index < -0.39 is 17.3 Å². The van der Waals surface area contributed by atoms with Crippen molar-refractivity contribution in [2.45, 2.75) is 0 Å². The van der Waals surface area contributed by atoms with Gasteiger partial charge in [0.25, 0.3) is 0 Å². The van der Waals surface area contributed by atoms with E-state index in [1.165, 1.54) is 6.07 Å². The maximum absolute atomic E-state index is 12.2. The first kappa shape index (κ1) is 9.98. The summed E-state index contributed by atoms with van der Waals surface area (Å²) in [5, 5.41) is 0. The quantitative estimate of drug-likeness (QED) is 0.637. The van der Waals surface area contributed by atoms with Crippen molar-refractivity contribution in [3.05, 3.63) is 35.6 Å². The van der Waals surface area contributed by atoms with E-state index in [-0.39, 0.29) is 32.7 Å². The minimum Gasteiger partial charge on any atom is -0.694 e. The van der Waals surface area contributed by atoms with Crippen molar-refractivity contribution >= 4 is 5.69 Å². The first-order valence-corrected chi connectivity index (χ1v) is 2.37. The van der Waals surface area contributed by atoms with E-state index in [1.54, 1.807) is 0 Å². The van der Waals surface area contributed by atoms with Gasteiger partial charge in [-0.15, -0.1) is 0 Å². The molecule has 51 valence electrons. The fraction of sp³-hybridized carbons (Fsp3) is 0. The number of halogens is 2. The summed E-state index contributed by atoms with van der Waals surface area (Å²) < 4.78 is 24.3. The van der Waals surface area contributed by atoms with Crippen LogP contribution in [0.1, 0.15) is 0 Å². The molecule has 0 aliphatic heterocycles. The second-order valence-corrected chi connectivity index (χ2v) is 1.60. The Morgan fingerprint density at radius 2 is 1.50 bits per heavy atom. The molecule has 0 heterocycles. The van der Waals surface area contributed by atoms with E-state index in [2.05, 4.69) is 0 Å². The monoisotopic (exact) mass is 217 g/mol. The molecule has 0 saturated heterocycles. The summed E-state index contributed by atoms with van der Waals surface area (Å²) in [5.74, 6) is -1.65. The zero-order chi connectivity index (χ0) is 6.85. The van der Waals surface area contributed by atoms with E-state index in [0.717, 1.165) is 12.1 Å². The van der Waals surface area contributed by atoms with Crippen molar-refractivity contribution in [1.82, 2.24) is 0 Å². The van der Waals surface area contributed by atoms with Crippen molar-refractivity contribution in [2.24, 2.45) is 0 Å². The largest absolute Gasteiger partial charge is 0.694 e. The fourth-order valence-electron chi connectivity index (χ4n) is 0.498. The maximum Gasteiger partial charge on any atom is 0.111 e. The van der Waals surface area contributed by atoms with Gasteiger partial charge < -0.3 is 5.73 Å². The van der Waals surface area contributed by atoms with Gasteiger partial charge in [-0.1, -0.05) is 11.8 Å². The van der Waals surface area contributed by atoms with Crippen LogP contribution in [-0.4, -0.2) is 0 Å². The molecule has 0 unspecified atom stereocenters. The predicted octanol–water partition coefficient (Wildman–Crippen LogP) is 2.65. The third kappa shape index (κ3) is 1.99. The molecule has 0 aliphatic carbocycles. The molecule has 10 heavy (non-hydrogen) atoms. The van der Waals surface area contributed by atoms with Gasteiger partial charge >= 0.3 is 0 Å². The van der Waals surface area contributed by atoms with Crippen LogP contribution in [0, 0.1) is 11.6 Å². The number of hydrogen-bond donors (Lipinski definition) is 0. The summed E-state index contributed by atoms with van der Waals surface area (Å²) >= 11 is 0. The summed E-state index contributed by atoms with van der Waals surface area (Å²) in [6, 6.07) is 3.32. The molecule has 1 rings (SSSR count). The number of hydrogen-bond acceptors (Lipinski definition) is 0. The zero-order valence-corrected chi connectivity index (χ0v) is 7.90. The van der Waals surface area contributed by atoms with Crippen LogP contribution in [0.25, 0.3) is 5.73 Å². The topological polar surface area (TPSA) is 23.8 Å². The Morgan fingerprint density at radius 1 is 1.10 bits per heavy atom. The molecular weight excluding hydrogens is 213 g/mol. The van der Waals surface area contributed by atoms with Gasteiger partial charge in [0.1, 0.15) is 11.6 Å². The van der Waals surface area contributed by atoms with Crippen LogP contribution < -0.4 is 0 Å². The summed E-state index contributed by atoms with van der Waals surface area (Å²) in [6.45, 7) is 0. The Balaban J connectivity index is 0.000000810. The molecule has 0 spiro atoms. The summed E-state index contributed by atoms with van der Waals surface area (Å²) in [5.41, 5.74) is 6.03. The Kier molecular flexibility index (Phi) is 3.98. The van der Waals surface area contributed by atoms with Crippen LogP contribution in [0.5, 0.6) is 0 Å². The van der Waals surface area contributed by atoms with Crippen LogP contribution in [0.3, 0.4) is 0 Å². The summed E-state index contributed by atoms with van der Waals surface area (Å²) in [4.78, 5) is 0. The molecule has 1 radical (unpaired) electrons. The van der Waals surface area contributed by atoms with Gasteiger partial charge in [-0.25, -0.2) is 8.78 Å². The average molecular weight is 217 g/mol. The van der Waals surface area contributed by atoms with Crippen molar-refractivity contribution < 1.29 is 41.5 Å². The SMILES string of the molecule is [NH-]c1c(F)cccc1F.[Y]. The minimum absolute atomic E-state index is 0. The van der Waals surface area contributed by atoms with Gasteiger partial charge in [-0.05, 0) is 12.1 Å². The molecule has 1 aromatic carbocycles. The zero-order valence-electron chi connectivity index (χ0n) is 5.07. The molecule has 1 aromatic rings. The average Bonchev–Trinajstić information content (AvgIpc) is 1.83. The number of benzene rings is 1. The molecule has 0 aromatic heterocycles. The number of rotatable bonds is 0. The van der Waals surface area contributed by atoms with Gasteiger partial charge in [0, 0.05) is 32.7 Å². The molecule has 0 bridgehead atoms. The van der Waals surface area contributed by atoms with Crippen LogP contribution in [-0.2, 0) is 32.7 Å². The van der Waals surface area contributed by atoms with Gasteiger partial charge in [0.2, 0.25) is 0 Å². The molecule has 0 fully saturated rings. The van der Waals surface area contributed by atoms with E-state index in [4.69, 9.17) is 5.73 Å². The molecule has 1 nitrogen and oxygen atoms in total. The fourth-order valence-corrected chi connectivity index (χ4v) is 0.498. The molecule has 0 atom stereocenters. The Morgan fingerprint density at radius 3 is 1.80 bits per heavy atom. The molecule has 4 heteroatoms. The molecule has 0 aliphatic rings. The number of nitrogens with one attached hydrogen (secondary N) is 1. The normalized spacial score (nSPS) is 8.60. The van der Waals surface area contributed by atoms with E-state index >= 15 is 0 Å². The third-order valence-electron chi connectivity index (χ3n) is 0.963. The van der Waals surface area contributed by atoms with E-state index in [0.29, 0.717) is 0 Å². The van der Waals surface area contributed by atoms with Crippen LogP contribution >= 0.6 is 0 Å². The van der Waals surface area contributed by atoms with Crippen molar-refractivity contribution in [3.8, 4) is 0 Å². The second kappa shape index (κ2) is 3.99. The molecule has 0 saturated carbocycles. The van der Waals surface area contributed by atoms with Gasteiger partial charge in [0.05, 0.1) is 0 Å². The van der Waals surface area contributed by atoms with Gasteiger partial charge in [-0.2, -0.15) is 0 Å². The summed E-state index contributed by atoms with van der Waals surface area (Å²) in [7, 11) is 0. The summed E-state index contributed by atoms with van der Waals surface area (Å²) in [6.07, 6.45) is 0. The first-order chi connectivity index (χ1) is 4.22. The van der Waals surface area contributed by atoms with Crippen LogP contribution in [0.4, 0.5) is 14.5 Å². The second-order valence-electron chi connectivity index (χ2n) is 1.60. The van der Waals surface area contributed by atoms with Crippen LogP contribution in [0.2, 0.25) is 0 Å². The predicted molar refractivity (Wildman–Crippen MR) is 30.3 cm³/mol. The Hall–Kier alpha value is -0.0161. The molecule has 0 amide bonds. The Bertz CT molecular complexity index is 207. The van der Waals surface area contributed by atoms with Crippen LogP contribution in [0.15, 0.2) is 18.2 Å². The van der Waals surface area contributed by atoms with E-state index in [1.807, 2.05) is 0 Å². The van der Waals surface area contributed by atoms with Gasteiger partial charge in [0.15, 0.2) is 0 Å².